The van der Waals surface area contributed by atoms with Crippen LogP contribution in [0.1, 0.15) is 31.2 Å². The van der Waals surface area contributed by atoms with Gasteiger partial charge in [-0.25, -0.2) is 12.8 Å². The number of benzene rings is 1. The maximum absolute atomic E-state index is 13.8. The molecular weight excluding hydrogens is 281 g/mol. The normalized spacial score (nSPS) is 15.7. The third-order valence-corrected chi connectivity index (χ3v) is 5.13. The van der Waals surface area contributed by atoms with Crippen molar-refractivity contribution in [2.75, 3.05) is 11.3 Å². The molecule has 108 valence electrons. The lowest BCUT2D eigenvalue weighted by molar-refractivity contribution is 0.350. The second-order valence-electron chi connectivity index (χ2n) is 4.71. The van der Waals surface area contributed by atoms with E-state index in [0.29, 0.717) is 18.4 Å². The number of nitrogens with one attached hydrogen (secondary N) is 1. The quantitative estimate of drug-likeness (QED) is 0.837. The zero-order chi connectivity index (χ0) is 14.6. The molecule has 1 saturated carbocycles. The Morgan fingerprint density at radius 1 is 1.35 bits per heavy atom. The molecule has 2 rings (SSSR count). The summed E-state index contributed by atoms with van der Waals surface area (Å²) in [4.78, 5) is 0. The number of aliphatic hydroxyl groups is 1. The molecule has 0 unspecified atom stereocenters. The number of hydrogen-bond donors (Lipinski definition) is 2. The molecule has 20 heavy (non-hydrogen) atoms. The van der Waals surface area contributed by atoms with Gasteiger partial charge in [0.05, 0.1) is 10.9 Å². The van der Waals surface area contributed by atoms with Crippen molar-refractivity contribution in [3.63, 3.8) is 0 Å². The van der Waals surface area contributed by atoms with Gasteiger partial charge in [-0.05, 0) is 31.0 Å². The average Bonchev–Trinajstić information content (AvgIpc) is 2.94. The number of rotatable bonds is 3. The Morgan fingerprint density at radius 3 is 2.65 bits per heavy atom. The summed E-state index contributed by atoms with van der Waals surface area (Å²) in [5, 5.41) is 8.13. The Labute approximate surface area is 118 Å². The Bertz CT molecular complexity index is 640. The van der Waals surface area contributed by atoms with E-state index in [1.54, 1.807) is 0 Å². The lowest BCUT2D eigenvalue weighted by atomic mass is 10.2. The predicted octanol–water partition coefficient (Wildman–Crippen LogP) is 1.85. The van der Waals surface area contributed by atoms with Crippen LogP contribution < -0.4 is 4.72 Å². The van der Waals surface area contributed by atoms with Crippen LogP contribution >= 0.6 is 0 Å². The van der Waals surface area contributed by atoms with Crippen molar-refractivity contribution in [3.05, 3.63) is 29.6 Å². The van der Waals surface area contributed by atoms with Gasteiger partial charge in [0.2, 0.25) is 10.0 Å². The molecule has 0 saturated heterocycles. The molecule has 1 aromatic rings. The Morgan fingerprint density at radius 2 is 2.05 bits per heavy atom. The van der Waals surface area contributed by atoms with Crippen molar-refractivity contribution >= 4 is 15.7 Å². The summed E-state index contributed by atoms with van der Waals surface area (Å²) in [6.07, 6.45) is 3.03. The van der Waals surface area contributed by atoms with Gasteiger partial charge in [0, 0.05) is 5.56 Å². The number of hydrogen-bond acceptors (Lipinski definition) is 3. The van der Waals surface area contributed by atoms with Gasteiger partial charge >= 0.3 is 0 Å². The van der Waals surface area contributed by atoms with Gasteiger partial charge in [-0.3, -0.25) is 4.72 Å². The molecule has 0 spiro atoms. The molecule has 2 N–H and O–H groups in total. The third-order valence-electron chi connectivity index (χ3n) is 3.27. The van der Waals surface area contributed by atoms with E-state index in [4.69, 9.17) is 5.11 Å². The van der Waals surface area contributed by atoms with Gasteiger partial charge in [-0.15, -0.1) is 0 Å². The molecule has 1 aliphatic rings. The minimum Gasteiger partial charge on any atom is -0.384 e. The number of halogens is 1. The molecular formula is C14H16FNO3S. The van der Waals surface area contributed by atoms with Gasteiger partial charge in [-0.2, -0.15) is 0 Å². The fourth-order valence-electron chi connectivity index (χ4n) is 2.25. The topological polar surface area (TPSA) is 66.4 Å². The van der Waals surface area contributed by atoms with Gasteiger partial charge in [0.25, 0.3) is 0 Å². The zero-order valence-corrected chi connectivity index (χ0v) is 11.7. The van der Waals surface area contributed by atoms with Crippen LogP contribution in [-0.2, 0) is 10.0 Å². The van der Waals surface area contributed by atoms with E-state index in [1.165, 1.54) is 12.1 Å². The molecule has 1 fully saturated rings. The van der Waals surface area contributed by atoms with Gasteiger partial charge in [0.15, 0.2) is 0 Å². The molecule has 0 aliphatic heterocycles. The number of sulfonamides is 1. The average molecular weight is 297 g/mol. The summed E-state index contributed by atoms with van der Waals surface area (Å²) in [6, 6.07) is 4.01. The van der Waals surface area contributed by atoms with Crippen molar-refractivity contribution in [3.8, 4) is 11.8 Å². The molecule has 0 bridgehead atoms. The predicted molar refractivity (Wildman–Crippen MR) is 75.2 cm³/mol. The van der Waals surface area contributed by atoms with E-state index in [2.05, 4.69) is 16.6 Å². The smallest absolute Gasteiger partial charge is 0.235 e. The first-order chi connectivity index (χ1) is 9.53. The maximum Gasteiger partial charge on any atom is 0.235 e. The number of aliphatic hydroxyl groups excluding tert-OH is 1. The summed E-state index contributed by atoms with van der Waals surface area (Å²) in [7, 11) is -3.53. The van der Waals surface area contributed by atoms with Crippen LogP contribution in [0.4, 0.5) is 10.1 Å². The molecule has 1 aromatic carbocycles. The fraction of sp³-hybridized carbons (Fsp3) is 0.429. The van der Waals surface area contributed by atoms with Crippen molar-refractivity contribution < 1.29 is 17.9 Å². The highest BCUT2D eigenvalue weighted by molar-refractivity contribution is 7.93. The van der Waals surface area contributed by atoms with E-state index in [0.717, 1.165) is 18.9 Å². The van der Waals surface area contributed by atoms with Crippen LogP contribution in [0, 0.1) is 17.7 Å². The first-order valence-corrected chi connectivity index (χ1v) is 7.98. The van der Waals surface area contributed by atoms with E-state index in [1.807, 2.05) is 0 Å². The second kappa shape index (κ2) is 6.25. The summed E-state index contributed by atoms with van der Waals surface area (Å²) >= 11 is 0. The van der Waals surface area contributed by atoms with Gasteiger partial charge in [-0.1, -0.05) is 24.7 Å². The van der Waals surface area contributed by atoms with Crippen LogP contribution in [0.25, 0.3) is 0 Å². The first kappa shape index (κ1) is 14.8. The molecule has 6 heteroatoms. The number of anilines is 1. The highest BCUT2D eigenvalue weighted by Crippen LogP contribution is 2.27. The molecule has 0 aromatic heterocycles. The molecule has 0 radical (unpaired) electrons. The van der Waals surface area contributed by atoms with Crippen molar-refractivity contribution in [1.29, 1.82) is 0 Å². The largest absolute Gasteiger partial charge is 0.384 e. The highest BCUT2D eigenvalue weighted by Gasteiger charge is 2.29. The Balaban J connectivity index is 2.17. The Kier molecular flexibility index (Phi) is 4.63. The molecule has 0 amide bonds. The van der Waals surface area contributed by atoms with Crippen molar-refractivity contribution in [2.45, 2.75) is 30.9 Å². The van der Waals surface area contributed by atoms with E-state index < -0.39 is 21.1 Å². The maximum atomic E-state index is 13.8. The molecule has 0 heterocycles. The highest BCUT2D eigenvalue weighted by atomic mass is 32.2. The van der Waals surface area contributed by atoms with Crippen molar-refractivity contribution in [1.82, 2.24) is 0 Å². The summed E-state index contributed by atoms with van der Waals surface area (Å²) in [5.41, 5.74) is 0.326. The third kappa shape index (κ3) is 3.50. The van der Waals surface area contributed by atoms with Gasteiger partial charge < -0.3 is 5.11 Å². The monoisotopic (exact) mass is 297 g/mol. The lowest BCUT2D eigenvalue weighted by Crippen LogP contribution is -2.25. The minimum absolute atomic E-state index is 0.0635. The standard InChI is InChI=1S/C14H16FNO3S/c15-13-10-11(4-3-9-17)7-8-14(13)16-20(18,19)12-5-1-2-6-12/h7-8,10,12,16-17H,1-2,5-6,9H2. The summed E-state index contributed by atoms with van der Waals surface area (Å²) in [5.74, 6) is 4.30. The van der Waals surface area contributed by atoms with Crippen LogP contribution in [0.5, 0.6) is 0 Å². The SMILES string of the molecule is O=S(=O)(Nc1ccc(C#CCO)cc1F)C1CCCC1. The van der Waals surface area contributed by atoms with Crippen LogP contribution in [0.15, 0.2) is 18.2 Å². The minimum atomic E-state index is -3.53. The van der Waals surface area contributed by atoms with E-state index >= 15 is 0 Å². The summed E-state index contributed by atoms with van der Waals surface area (Å²) in [6.45, 7) is -0.308. The first-order valence-electron chi connectivity index (χ1n) is 6.44. The Hall–Kier alpha value is -1.58. The summed E-state index contributed by atoms with van der Waals surface area (Å²) < 4.78 is 40.3. The fourth-order valence-corrected chi connectivity index (χ4v) is 3.85. The van der Waals surface area contributed by atoms with Crippen LogP contribution in [0.3, 0.4) is 0 Å². The molecule has 1 aliphatic carbocycles. The lowest BCUT2D eigenvalue weighted by Gasteiger charge is -2.13. The van der Waals surface area contributed by atoms with Crippen LogP contribution in [0.2, 0.25) is 0 Å². The van der Waals surface area contributed by atoms with E-state index in [9.17, 15) is 12.8 Å². The molecule has 0 atom stereocenters. The zero-order valence-electron chi connectivity index (χ0n) is 10.9. The van der Waals surface area contributed by atoms with Crippen molar-refractivity contribution in [2.24, 2.45) is 0 Å². The van der Waals surface area contributed by atoms with E-state index in [-0.39, 0.29) is 12.3 Å². The van der Waals surface area contributed by atoms with Gasteiger partial charge in [0.1, 0.15) is 12.4 Å². The van der Waals surface area contributed by atoms with Crippen LogP contribution in [-0.4, -0.2) is 25.4 Å². The molecule has 4 nitrogen and oxygen atoms in total. The second-order valence-corrected chi connectivity index (χ2v) is 6.67.